The van der Waals surface area contributed by atoms with E-state index < -0.39 is 144 Å². The van der Waals surface area contributed by atoms with Gasteiger partial charge >= 0.3 is 47.8 Å². The third-order valence-electron chi connectivity index (χ3n) is 23.1. The van der Waals surface area contributed by atoms with Crippen LogP contribution in [0.5, 0.6) is 0 Å². The summed E-state index contributed by atoms with van der Waals surface area (Å²) in [6.07, 6.45) is 8.24. The summed E-state index contributed by atoms with van der Waals surface area (Å²) < 4.78 is 114. The van der Waals surface area contributed by atoms with Crippen LogP contribution in [0.25, 0.3) is 0 Å². The van der Waals surface area contributed by atoms with Crippen molar-refractivity contribution in [1.82, 2.24) is 65.4 Å². The van der Waals surface area contributed by atoms with Gasteiger partial charge in [-0.3, -0.25) is 58.7 Å². The lowest BCUT2D eigenvalue weighted by atomic mass is 9.94. The van der Waals surface area contributed by atoms with Gasteiger partial charge < -0.3 is 65.2 Å². The second-order valence-electron chi connectivity index (χ2n) is 32.3. The zero-order chi connectivity index (χ0) is 102. The summed E-state index contributed by atoms with van der Waals surface area (Å²) in [5, 5.41) is 59.6. The van der Waals surface area contributed by atoms with E-state index in [0.29, 0.717) is 122 Å². The smallest absolute Gasteiger partial charge is 0.338 e. The number of carboxylic acid groups (broad SMARTS) is 4. The van der Waals surface area contributed by atoms with Gasteiger partial charge in [0.15, 0.2) is 63.9 Å². The molecular formula is C90H93Br2Cl3F3N17O20S7. The molecule has 37 nitrogen and oxygen atoms in total. The molecule has 4 aromatic heterocycles. The first-order chi connectivity index (χ1) is 67.7. The Morgan fingerprint density at radius 1 is 0.472 bits per heavy atom. The lowest BCUT2D eigenvalue weighted by Gasteiger charge is -2.42. The number of nitrogens with zero attached hydrogens (tertiary/aromatic N) is 13. The molecule has 0 spiro atoms. The molecule has 4 unspecified atom stereocenters. The van der Waals surface area contributed by atoms with E-state index in [4.69, 9.17) is 68.7 Å². The first kappa shape index (κ1) is 109. The molecule has 52 heteroatoms. The Bertz CT molecular complexity index is 6440. The maximum atomic E-state index is 13.9. The second-order valence-corrected chi connectivity index (χ2v) is 44.7. The molecule has 8 aliphatic rings. The molecule has 8 atom stereocenters. The number of hydrogen-bond acceptors (Lipinski definition) is 37. The van der Waals surface area contributed by atoms with Crippen molar-refractivity contribution in [2.75, 3.05) is 125 Å². The summed E-state index contributed by atoms with van der Waals surface area (Å²) in [5.41, 5.74) is 3.14. The summed E-state index contributed by atoms with van der Waals surface area (Å²) in [4.78, 5) is 144. The van der Waals surface area contributed by atoms with Gasteiger partial charge in [-0.25, -0.2) is 69.1 Å². The van der Waals surface area contributed by atoms with Gasteiger partial charge in [-0.05, 0) is 94.3 Å². The Kier molecular flexibility index (Phi) is 37.2. The molecule has 12 heterocycles. The van der Waals surface area contributed by atoms with Crippen molar-refractivity contribution in [3.8, 4) is 0 Å². The van der Waals surface area contributed by atoms with Crippen molar-refractivity contribution >= 4 is 215 Å². The van der Waals surface area contributed by atoms with Crippen molar-refractivity contribution in [2.45, 2.75) is 82.5 Å². The van der Waals surface area contributed by atoms with Gasteiger partial charge in [-0.15, -0.1) is 34.0 Å². The lowest BCUT2D eigenvalue weighted by molar-refractivity contribution is -0.149. The van der Waals surface area contributed by atoms with Crippen LogP contribution in [0.2, 0.25) is 15.1 Å². The SMILES string of the molecule is CCOC(=O)C1=C(CN2CCS(=O)(=O)C[C@H]2C(=O)O)NC(c2nccs2)=NC1c1ccc(Cl)cc1Cl.CCOC(=O)C1=C(CN2CCS(=O)(=O)C[C@H]2C(=O)O)NC(c2nccs2)=NC1c1ccc(F)cc1Cl.CCOC(=O)C1=C(CN2CCSCC2(C)C(=O)O)NC(c2nccs2)=N[C@H]1c1ccc(F)cc1Br.CCOC(=O)C1=C(CN2CCSCC2C(=O)O)NC(c2nccn2C)=N[C@H]1c1ccc(F)cc1Br. The van der Waals surface area contributed by atoms with Crippen molar-refractivity contribution in [3.05, 3.63) is 250 Å². The number of thioether (sulfide) groups is 2. The Morgan fingerprint density at radius 2 is 0.838 bits per heavy atom. The molecule has 4 saturated heterocycles. The number of halogens is 8. The molecular weight excluding hydrogens is 2190 g/mol. The number of imidazole rings is 1. The second kappa shape index (κ2) is 48.6. The fourth-order valence-electron chi connectivity index (χ4n) is 16.1. The molecule has 4 fully saturated rings. The highest BCUT2D eigenvalue weighted by atomic mass is 79.9. The molecule has 0 aliphatic carbocycles. The summed E-state index contributed by atoms with van der Waals surface area (Å²) in [7, 11) is -5.22. The number of carbonyl (C=O) groups excluding carboxylic acids is 4. The van der Waals surface area contributed by atoms with Crippen LogP contribution in [0, 0.1) is 17.5 Å². The van der Waals surface area contributed by atoms with Crippen LogP contribution in [-0.4, -0.2) is 301 Å². The van der Waals surface area contributed by atoms with E-state index >= 15 is 0 Å². The van der Waals surface area contributed by atoms with Crippen LogP contribution in [0.15, 0.2) is 194 Å². The largest absolute Gasteiger partial charge is 0.480 e. The molecule has 16 rings (SSSR count). The molecule has 4 aromatic carbocycles. The molecule has 0 amide bonds. The van der Waals surface area contributed by atoms with Gasteiger partial charge in [-0.2, -0.15) is 23.5 Å². The number of carboxylic acids is 4. The maximum absolute atomic E-state index is 13.9. The Labute approximate surface area is 864 Å². The van der Waals surface area contributed by atoms with Crippen LogP contribution >= 0.6 is 124 Å². The molecule has 142 heavy (non-hydrogen) atoms. The third kappa shape index (κ3) is 26.3. The maximum Gasteiger partial charge on any atom is 0.338 e. The summed E-state index contributed by atoms with van der Waals surface area (Å²) >= 11 is 32.9. The topological polar surface area (TPSA) is 490 Å². The van der Waals surface area contributed by atoms with E-state index in [9.17, 15) is 88.8 Å². The number of thiazole rings is 3. The highest BCUT2D eigenvalue weighted by Crippen LogP contribution is 2.44. The van der Waals surface area contributed by atoms with E-state index in [1.807, 2.05) is 22.2 Å². The van der Waals surface area contributed by atoms with Crippen molar-refractivity contribution in [1.29, 1.82) is 0 Å². The average molecular weight is 2280 g/mol. The van der Waals surface area contributed by atoms with Gasteiger partial charge in [0.2, 0.25) is 0 Å². The van der Waals surface area contributed by atoms with Gasteiger partial charge in [0, 0.05) is 187 Å². The number of nitrogens with one attached hydrogen (secondary N) is 4. The van der Waals surface area contributed by atoms with Gasteiger partial charge in [0.05, 0.1) is 71.7 Å². The normalized spacial score (nSPS) is 22.0. The zero-order valence-electron chi connectivity index (χ0n) is 76.2. The number of benzene rings is 4. The van der Waals surface area contributed by atoms with Crippen LogP contribution in [0.1, 0.15) is 102 Å². The molecule has 0 saturated carbocycles. The van der Waals surface area contributed by atoms with Gasteiger partial charge in [0.25, 0.3) is 0 Å². The third-order valence-corrected chi connectivity index (χ3v) is 33.2. The first-order valence-electron chi connectivity index (χ1n) is 43.6. The minimum absolute atomic E-state index is 0.0172. The number of sulfone groups is 2. The van der Waals surface area contributed by atoms with E-state index in [-0.39, 0.29) is 115 Å². The number of aliphatic carboxylic acids is 4. The summed E-state index contributed by atoms with van der Waals surface area (Å²) in [5.74, 6) is -5.35. The number of esters is 4. The highest BCUT2D eigenvalue weighted by Gasteiger charge is 2.48. The van der Waals surface area contributed by atoms with Crippen LogP contribution < -0.4 is 21.3 Å². The van der Waals surface area contributed by atoms with E-state index in [0.717, 1.165) is 17.6 Å². The first-order valence-corrected chi connectivity index (χ1v) is 55.0. The van der Waals surface area contributed by atoms with Crippen LogP contribution in [0.4, 0.5) is 13.2 Å². The number of aromatic nitrogens is 5. The van der Waals surface area contributed by atoms with Crippen molar-refractivity contribution < 1.29 is 108 Å². The summed E-state index contributed by atoms with van der Waals surface area (Å²) in [6, 6.07) is 10.1. The van der Waals surface area contributed by atoms with Crippen molar-refractivity contribution in [3.63, 3.8) is 0 Å². The zero-order valence-corrected chi connectivity index (χ0v) is 87.4. The molecule has 0 bridgehead atoms. The predicted molar refractivity (Wildman–Crippen MR) is 538 cm³/mol. The average Bonchev–Trinajstić information content (AvgIpc) is 0.916. The Balaban J connectivity index is 0.000000159. The van der Waals surface area contributed by atoms with Crippen LogP contribution in [-0.2, 0) is 84.0 Å². The van der Waals surface area contributed by atoms with Crippen molar-refractivity contribution in [2.24, 2.45) is 27.0 Å². The predicted octanol–water partition coefficient (Wildman–Crippen LogP) is 11.1. The van der Waals surface area contributed by atoms with E-state index in [2.05, 4.69) is 78.1 Å². The number of aryl methyl sites for hydroxylation is 1. The number of amidine groups is 4. The van der Waals surface area contributed by atoms with Gasteiger partial charge in [-0.1, -0.05) is 90.9 Å². The van der Waals surface area contributed by atoms with E-state index in [1.54, 1.807) is 129 Å². The van der Waals surface area contributed by atoms with Crippen LogP contribution in [0.3, 0.4) is 0 Å². The lowest BCUT2D eigenvalue weighted by Crippen LogP contribution is -2.59. The molecule has 756 valence electrons. The highest BCUT2D eigenvalue weighted by molar-refractivity contribution is 9.10. The van der Waals surface area contributed by atoms with Gasteiger partial charge in [0.1, 0.15) is 65.3 Å². The minimum Gasteiger partial charge on any atom is -0.480 e. The molecule has 8 N–H and O–H groups in total. The number of ether oxygens (including phenoxy) is 4. The molecule has 8 aliphatic heterocycles. The minimum atomic E-state index is -3.53. The summed E-state index contributed by atoms with van der Waals surface area (Å²) in [6.45, 7) is 10.1. The number of aliphatic imine (C=N–C) groups is 4. The number of hydrogen-bond donors (Lipinski definition) is 8. The Hall–Kier alpha value is -10.4. The fraction of sp³-hybridized carbons (Fsp3) is 0.378. The standard InChI is InChI=1S/C23H25BrFN5O4S.C23H24BrFN4O4S2.C22H22Cl2N4O6S2.C22H22ClFN4O6S2/c1-3-34-23(33)18-16(11-30-8-9-35-12-17(30)22(31)32)27-20(21-26-6-7-29(21)2)28-19(18)14-5-4-13(25)10-15(14)24;1-3-33-21(30)17-16(11-29-7-9-34-12-23(29,2)22(31)32)27-19(20-26-6-8-35-20)28-18(17)14-5-4-13(25)10-15(14)24;1-2-34-22(31)17-15(10-28-6-8-36(32,33)11-16(28)21(29)30)26-19(20-25-5-7-35-20)27-18(17)13-4-3-12(23)9-14(13)24;1-2-34-22(31)17-15(10-28-6-8-36(32,33)11-16(28)21(29)30)26-19(20-25-5-7-35-20)27-18(17)13-4-3-12(24)9-14(13)23/h4-7,10,17,19H,3,8-9,11-12H2,1-2H3,(H,27,28)(H,31,32);4-6,8,10,18H,3,7,9,11-12H2,1-2H3,(H,27,28)(H,31,32);2*3-5,7,9,16,18H,2,6,8,10-11H2,1H3,(H,26,27)(H,29,30)/t17?,19-;18-,23?;2*16-,18?/m0000/s1. The molecule has 0 radical (unpaired) electrons. The van der Waals surface area contributed by atoms with E-state index in [1.165, 1.54) is 86.3 Å². The number of carbonyl (C=O) groups is 8. The monoisotopic (exact) mass is 2280 g/mol. The number of rotatable bonds is 28. The Morgan fingerprint density at radius 3 is 1.20 bits per heavy atom. The quantitative estimate of drug-likeness (QED) is 0.0167. The molecule has 8 aromatic rings. The fourth-order valence-corrected chi connectivity index (χ4v) is 25.1.